The number of pyridine rings is 1. The average molecular weight is 263 g/mol. The molecule has 0 saturated heterocycles. The molecule has 0 aliphatic carbocycles. The molecule has 0 unspecified atom stereocenters. The highest BCUT2D eigenvalue weighted by molar-refractivity contribution is 6.17. The fourth-order valence-corrected chi connectivity index (χ4v) is 2.31. The fourth-order valence-electron chi connectivity index (χ4n) is 2.31. The highest BCUT2D eigenvalue weighted by Gasteiger charge is 2.14. The van der Waals surface area contributed by atoms with Crippen LogP contribution in [-0.2, 0) is 0 Å². The fraction of sp³-hybridized carbons (Fsp3) is 0.0588. The molecule has 0 radical (unpaired) electrons. The molecule has 3 aromatic rings. The zero-order chi connectivity index (χ0) is 13.9. The van der Waals surface area contributed by atoms with E-state index in [1.54, 1.807) is 31.6 Å². The quantitative estimate of drug-likeness (QED) is 0.679. The van der Waals surface area contributed by atoms with E-state index in [-0.39, 0.29) is 5.78 Å². The molecule has 0 aliphatic heterocycles. The average Bonchev–Trinajstić information content (AvgIpc) is 2.54. The Labute approximate surface area is 116 Å². The number of benzene rings is 2. The predicted octanol–water partition coefficient (Wildman–Crippen LogP) is 3.47. The third-order valence-electron chi connectivity index (χ3n) is 3.29. The lowest BCUT2D eigenvalue weighted by Crippen LogP contribution is -2.02. The first-order valence-electron chi connectivity index (χ1n) is 6.31. The van der Waals surface area contributed by atoms with E-state index < -0.39 is 0 Å². The number of hydrogen-bond donors (Lipinski definition) is 0. The van der Waals surface area contributed by atoms with Gasteiger partial charge in [-0.25, -0.2) is 0 Å². The third-order valence-corrected chi connectivity index (χ3v) is 3.29. The molecule has 0 fully saturated rings. The molecule has 20 heavy (non-hydrogen) atoms. The van der Waals surface area contributed by atoms with Crippen molar-refractivity contribution in [3.05, 3.63) is 72.1 Å². The van der Waals surface area contributed by atoms with E-state index in [9.17, 15) is 4.79 Å². The number of rotatable bonds is 3. The van der Waals surface area contributed by atoms with Crippen molar-refractivity contribution in [1.29, 1.82) is 0 Å². The molecule has 0 aliphatic rings. The maximum atomic E-state index is 12.6. The monoisotopic (exact) mass is 263 g/mol. The normalized spacial score (nSPS) is 10.4. The van der Waals surface area contributed by atoms with Crippen LogP contribution >= 0.6 is 0 Å². The first kappa shape index (κ1) is 12.4. The lowest BCUT2D eigenvalue weighted by Gasteiger charge is -2.09. The third kappa shape index (κ3) is 2.03. The highest BCUT2D eigenvalue weighted by Crippen LogP contribution is 2.29. The zero-order valence-corrected chi connectivity index (χ0v) is 11.0. The maximum Gasteiger partial charge on any atom is 0.193 e. The molecule has 0 amide bonds. The van der Waals surface area contributed by atoms with Gasteiger partial charge in [0.1, 0.15) is 5.75 Å². The number of ether oxygens (including phenoxy) is 1. The lowest BCUT2D eigenvalue weighted by molar-refractivity contribution is 0.104. The Bertz CT molecular complexity index is 766. The minimum atomic E-state index is -0.00810. The van der Waals surface area contributed by atoms with E-state index in [1.165, 1.54) is 0 Å². The molecule has 0 atom stereocenters. The molecule has 98 valence electrons. The summed E-state index contributed by atoms with van der Waals surface area (Å²) in [6, 6.07) is 14.8. The van der Waals surface area contributed by atoms with E-state index in [0.717, 1.165) is 16.5 Å². The highest BCUT2D eigenvalue weighted by atomic mass is 16.5. The number of nitrogens with zero attached hydrogens (tertiary/aromatic N) is 1. The molecule has 1 heterocycles. The van der Waals surface area contributed by atoms with Crippen LogP contribution in [0.1, 0.15) is 15.9 Å². The minimum absolute atomic E-state index is 0.00810. The van der Waals surface area contributed by atoms with E-state index in [2.05, 4.69) is 4.98 Å². The number of carbonyl (C=O) groups is 1. The molecule has 1 aromatic heterocycles. The molecule has 0 bridgehead atoms. The zero-order valence-electron chi connectivity index (χ0n) is 11.0. The summed E-state index contributed by atoms with van der Waals surface area (Å²) in [5.74, 6) is 0.762. The van der Waals surface area contributed by atoms with Crippen molar-refractivity contribution in [1.82, 2.24) is 4.98 Å². The topological polar surface area (TPSA) is 39.2 Å². The van der Waals surface area contributed by atoms with Crippen LogP contribution in [0.25, 0.3) is 10.8 Å². The molecule has 0 saturated carbocycles. The number of hydrogen-bond acceptors (Lipinski definition) is 3. The van der Waals surface area contributed by atoms with Crippen LogP contribution < -0.4 is 4.74 Å². The van der Waals surface area contributed by atoms with E-state index >= 15 is 0 Å². The van der Waals surface area contributed by atoms with Crippen molar-refractivity contribution in [3.8, 4) is 5.75 Å². The molecular weight excluding hydrogens is 250 g/mol. The molecule has 3 nitrogen and oxygen atoms in total. The van der Waals surface area contributed by atoms with Gasteiger partial charge in [-0.1, -0.05) is 24.3 Å². The van der Waals surface area contributed by atoms with Gasteiger partial charge in [0, 0.05) is 28.9 Å². The van der Waals surface area contributed by atoms with Gasteiger partial charge >= 0.3 is 0 Å². The Kier molecular flexibility index (Phi) is 3.17. The summed E-state index contributed by atoms with van der Waals surface area (Å²) in [5.41, 5.74) is 1.31. The van der Waals surface area contributed by atoms with E-state index in [4.69, 9.17) is 4.74 Å². The van der Waals surface area contributed by atoms with Crippen LogP contribution in [-0.4, -0.2) is 17.9 Å². The Morgan fingerprint density at radius 2 is 1.65 bits per heavy atom. The molecule has 2 aromatic carbocycles. The summed E-state index contributed by atoms with van der Waals surface area (Å²) in [5, 5.41) is 1.84. The van der Waals surface area contributed by atoms with Gasteiger partial charge in [0.15, 0.2) is 5.78 Å². The van der Waals surface area contributed by atoms with Crippen LogP contribution in [0.5, 0.6) is 5.75 Å². The smallest absolute Gasteiger partial charge is 0.193 e. The second kappa shape index (κ2) is 5.13. The standard InChI is InChI=1S/C17H13NO2/c1-20-16-7-6-15(13-4-2-3-5-14(13)16)17(19)12-8-10-18-11-9-12/h2-11H,1H3. The lowest BCUT2D eigenvalue weighted by atomic mass is 9.97. The van der Waals surface area contributed by atoms with Crippen molar-refractivity contribution in [2.45, 2.75) is 0 Å². The van der Waals surface area contributed by atoms with Crippen molar-refractivity contribution < 1.29 is 9.53 Å². The molecule has 0 spiro atoms. The number of ketones is 1. The second-order valence-corrected chi connectivity index (χ2v) is 4.43. The number of aromatic nitrogens is 1. The predicted molar refractivity (Wildman–Crippen MR) is 78.2 cm³/mol. The SMILES string of the molecule is COc1ccc(C(=O)c2ccncc2)c2ccccc12. The van der Waals surface area contributed by atoms with Gasteiger partial charge in [-0.2, -0.15) is 0 Å². The van der Waals surface area contributed by atoms with Crippen molar-refractivity contribution in [3.63, 3.8) is 0 Å². The Morgan fingerprint density at radius 1 is 0.950 bits per heavy atom. The Balaban J connectivity index is 2.20. The summed E-state index contributed by atoms with van der Waals surface area (Å²) in [7, 11) is 1.63. The minimum Gasteiger partial charge on any atom is -0.496 e. The molecule has 3 heteroatoms. The van der Waals surface area contributed by atoms with Gasteiger partial charge in [0.05, 0.1) is 7.11 Å². The molecule has 0 N–H and O–H groups in total. The van der Waals surface area contributed by atoms with Gasteiger partial charge in [-0.3, -0.25) is 9.78 Å². The summed E-state index contributed by atoms with van der Waals surface area (Å²) in [4.78, 5) is 16.5. The maximum absolute atomic E-state index is 12.6. The number of fused-ring (bicyclic) bond motifs is 1. The van der Waals surface area contributed by atoms with E-state index in [1.807, 2.05) is 36.4 Å². The summed E-state index contributed by atoms with van der Waals surface area (Å²) in [6.45, 7) is 0. The van der Waals surface area contributed by atoms with Crippen LogP contribution in [0, 0.1) is 0 Å². The Morgan fingerprint density at radius 3 is 2.35 bits per heavy atom. The number of methoxy groups -OCH3 is 1. The van der Waals surface area contributed by atoms with Gasteiger partial charge in [0.25, 0.3) is 0 Å². The van der Waals surface area contributed by atoms with Crippen LogP contribution in [0.4, 0.5) is 0 Å². The summed E-state index contributed by atoms with van der Waals surface area (Å²) >= 11 is 0. The molecular formula is C17H13NO2. The largest absolute Gasteiger partial charge is 0.496 e. The van der Waals surface area contributed by atoms with Crippen LogP contribution in [0.15, 0.2) is 60.9 Å². The van der Waals surface area contributed by atoms with E-state index in [0.29, 0.717) is 11.1 Å². The molecule has 3 rings (SSSR count). The summed E-state index contributed by atoms with van der Waals surface area (Å²) < 4.78 is 5.35. The van der Waals surface area contributed by atoms with Gasteiger partial charge in [0.2, 0.25) is 0 Å². The number of carbonyl (C=O) groups excluding carboxylic acids is 1. The van der Waals surface area contributed by atoms with Crippen LogP contribution in [0.2, 0.25) is 0 Å². The van der Waals surface area contributed by atoms with Crippen molar-refractivity contribution >= 4 is 16.6 Å². The Hall–Kier alpha value is -2.68. The second-order valence-electron chi connectivity index (χ2n) is 4.43. The first-order valence-corrected chi connectivity index (χ1v) is 6.31. The first-order chi connectivity index (χ1) is 9.81. The summed E-state index contributed by atoms with van der Waals surface area (Å²) in [6.07, 6.45) is 3.25. The van der Waals surface area contributed by atoms with Gasteiger partial charge in [-0.05, 0) is 29.7 Å². The van der Waals surface area contributed by atoms with Crippen LogP contribution in [0.3, 0.4) is 0 Å². The van der Waals surface area contributed by atoms with Gasteiger partial charge in [-0.15, -0.1) is 0 Å². The van der Waals surface area contributed by atoms with Gasteiger partial charge < -0.3 is 4.74 Å². The van der Waals surface area contributed by atoms with Crippen molar-refractivity contribution in [2.75, 3.05) is 7.11 Å². The van der Waals surface area contributed by atoms with Crippen molar-refractivity contribution in [2.24, 2.45) is 0 Å².